The minimum atomic E-state index is -0.251. The average Bonchev–Trinajstić information content (AvgIpc) is 3.33. The number of methoxy groups -OCH3 is 2. The quantitative estimate of drug-likeness (QED) is 0.646. The summed E-state index contributed by atoms with van der Waals surface area (Å²) in [6.07, 6.45) is 3.79. The molecule has 0 aliphatic carbocycles. The first-order valence-corrected chi connectivity index (χ1v) is 9.80. The van der Waals surface area contributed by atoms with Gasteiger partial charge in [0.15, 0.2) is 11.5 Å². The first-order valence-electron chi connectivity index (χ1n) is 9.80. The third-order valence-electron chi connectivity index (χ3n) is 5.37. The Labute approximate surface area is 175 Å². The zero-order valence-electron chi connectivity index (χ0n) is 17.0. The lowest BCUT2D eigenvalue weighted by Gasteiger charge is -2.36. The Morgan fingerprint density at radius 2 is 1.50 bits per heavy atom. The topological polar surface area (TPSA) is 46.9 Å². The number of benzene rings is 2. The Kier molecular flexibility index (Phi) is 5.61. The van der Waals surface area contributed by atoms with E-state index < -0.39 is 0 Å². The Morgan fingerprint density at radius 3 is 2.10 bits per heavy atom. The van der Waals surface area contributed by atoms with Gasteiger partial charge < -0.3 is 23.8 Å². The molecule has 2 heterocycles. The fourth-order valence-corrected chi connectivity index (χ4v) is 3.74. The monoisotopic (exact) mass is 409 g/mol. The van der Waals surface area contributed by atoms with Gasteiger partial charge in [-0.25, -0.2) is 4.39 Å². The van der Waals surface area contributed by atoms with Crippen LogP contribution in [0.5, 0.6) is 11.5 Å². The predicted octanol–water partition coefficient (Wildman–Crippen LogP) is 3.60. The van der Waals surface area contributed by atoms with Crippen molar-refractivity contribution in [1.29, 1.82) is 0 Å². The van der Waals surface area contributed by atoms with Crippen molar-refractivity contribution >= 4 is 11.6 Å². The predicted molar refractivity (Wildman–Crippen MR) is 113 cm³/mol. The number of amides is 1. The van der Waals surface area contributed by atoms with Gasteiger partial charge in [0.25, 0.3) is 5.91 Å². The van der Waals surface area contributed by atoms with Crippen molar-refractivity contribution in [2.24, 2.45) is 0 Å². The standard InChI is InChI=1S/C23H24FN3O3/c1-29-21-15-19(20(16-22(21)30-2)26-9-3-4-10-26)23(28)27-13-11-25(12-14-27)18-7-5-17(24)6-8-18/h3-10,15-16H,11-14H2,1-2H3. The molecule has 1 fully saturated rings. The number of piperazine rings is 1. The summed E-state index contributed by atoms with van der Waals surface area (Å²) >= 11 is 0. The van der Waals surface area contributed by atoms with E-state index in [-0.39, 0.29) is 11.7 Å². The molecule has 4 rings (SSSR count). The van der Waals surface area contributed by atoms with Crippen molar-refractivity contribution < 1.29 is 18.7 Å². The highest BCUT2D eigenvalue weighted by Gasteiger charge is 2.26. The molecule has 0 saturated carbocycles. The number of ether oxygens (including phenoxy) is 2. The van der Waals surface area contributed by atoms with Gasteiger partial charge in [-0.3, -0.25) is 4.79 Å². The van der Waals surface area contributed by atoms with Crippen LogP contribution < -0.4 is 14.4 Å². The van der Waals surface area contributed by atoms with Crippen molar-refractivity contribution in [2.45, 2.75) is 0 Å². The molecule has 1 saturated heterocycles. The van der Waals surface area contributed by atoms with Crippen LogP contribution in [0.3, 0.4) is 0 Å². The minimum absolute atomic E-state index is 0.0570. The lowest BCUT2D eigenvalue weighted by Crippen LogP contribution is -2.49. The molecule has 0 radical (unpaired) electrons. The number of hydrogen-bond acceptors (Lipinski definition) is 4. The van der Waals surface area contributed by atoms with E-state index in [1.807, 2.05) is 40.1 Å². The van der Waals surface area contributed by atoms with Crippen molar-refractivity contribution in [3.8, 4) is 17.2 Å². The highest BCUT2D eigenvalue weighted by molar-refractivity contribution is 5.99. The van der Waals surface area contributed by atoms with Gasteiger partial charge >= 0.3 is 0 Å². The van der Waals surface area contributed by atoms with Crippen LogP contribution in [0.2, 0.25) is 0 Å². The molecule has 2 aromatic carbocycles. The molecular weight excluding hydrogens is 385 g/mol. The van der Waals surface area contributed by atoms with Crippen molar-refractivity contribution in [3.05, 3.63) is 72.3 Å². The van der Waals surface area contributed by atoms with Gasteiger partial charge in [-0.15, -0.1) is 0 Å². The van der Waals surface area contributed by atoms with Crippen molar-refractivity contribution in [3.63, 3.8) is 0 Å². The molecule has 0 atom stereocenters. The first-order chi connectivity index (χ1) is 14.6. The highest BCUT2D eigenvalue weighted by atomic mass is 19.1. The number of hydrogen-bond donors (Lipinski definition) is 0. The summed E-state index contributed by atoms with van der Waals surface area (Å²) in [7, 11) is 3.14. The fourth-order valence-electron chi connectivity index (χ4n) is 3.74. The SMILES string of the molecule is COc1cc(C(=O)N2CCN(c3ccc(F)cc3)CC2)c(-n2cccc2)cc1OC. The summed E-state index contributed by atoms with van der Waals surface area (Å²) in [6, 6.07) is 13.8. The van der Waals surface area contributed by atoms with Crippen LogP contribution in [0.1, 0.15) is 10.4 Å². The third-order valence-corrected chi connectivity index (χ3v) is 5.37. The Hall–Kier alpha value is -3.48. The Morgan fingerprint density at radius 1 is 0.900 bits per heavy atom. The Balaban J connectivity index is 1.58. The number of rotatable bonds is 5. The van der Waals surface area contributed by atoms with Crippen molar-refractivity contribution in [1.82, 2.24) is 9.47 Å². The first kappa shape index (κ1) is 19.8. The van der Waals surface area contributed by atoms with E-state index in [4.69, 9.17) is 9.47 Å². The van der Waals surface area contributed by atoms with Gasteiger partial charge in [-0.05, 0) is 42.5 Å². The molecule has 0 spiro atoms. The Bertz CT molecular complexity index is 1010. The number of carbonyl (C=O) groups is 1. The van der Waals surface area contributed by atoms with Gasteiger partial charge in [0.2, 0.25) is 0 Å². The smallest absolute Gasteiger partial charge is 0.256 e. The number of halogens is 1. The maximum Gasteiger partial charge on any atom is 0.256 e. The second-order valence-electron chi connectivity index (χ2n) is 7.07. The van der Waals surface area contributed by atoms with E-state index in [2.05, 4.69) is 4.90 Å². The molecule has 156 valence electrons. The molecule has 30 heavy (non-hydrogen) atoms. The van der Waals surface area contributed by atoms with E-state index >= 15 is 0 Å². The average molecular weight is 409 g/mol. The van der Waals surface area contributed by atoms with Crippen LogP contribution in [0.15, 0.2) is 60.9 Å². The summed E-state index contributed by atoms with van der Waals surface area (Å²) in [6.45, 7) is 2.53. The summed E-state index contributed by atoms with van der Waals surface area (Å²) in [4.78, 5) is 17.4. The number of nitrogens with zero attached hydrogens (tertiary/aromatic N) is 3. The van der Waals surface area contributed by atoms with E-state index in [1.54, 1.807) is 32.4 Å². The van der Waals surface area contributed by atoms with E-state index in [0.717, 1.165) is 11.4 Å². The van der Waals surface area contributed by atoms with Crippen LogP contribution in [-0.4, -0.2) is 55.8 Å². The number of carbonyl (C=O) groups excluding carboxylic acids is 1. The van der Waals surface area contributed by atoms with Gasteiger partial charge in [0.05, 0.1) is 25.5 Å². The number of anilines is 1. The number of aromatic nitrogens is 1. The minimum Gasteiger partial charge on any atom is -0.493 e. The summed E-state index contributed by atoms with van der Waals surface area (Å²) < 4.78 is 25.9. The lowest BCUT2D eigenvalue weighted by molar-refractivity contribution is 0.0746. The van der Waals surface area contributed by atoms with Gasteiger partial charge in [0.1, 0.15) is 5.82 Å². The van der Waals surface area contributed by atoms with Crippen molar-refractivity contribution in [2.75, 3.05) is 45.3 Å². The second-order valence-corrected chi connectivity index (χ2v) is 7.07. The molecule has 0 bridgehead atoms. The van der Waals surface area contributed by atoms with Crippen LogP contribution >= 0.6 is 0 Å². The molecule has 1 aromatic heterocycles. The molecule has 0 N–H and O–H groups in total. The highest BCUT2D eigenvalue weighted by Crippen LogP contribution is 2.33. The lowest BCUT2D eigenvalue weighted by atomic mass is 10.1. The molecule has 6 nitrogen and oxygen atoms in total. The summed E-state index contributed by atoms with van der Waals surface area (Å²) in [5.41, 5.74) is 2.25. The molecule has 1 aliphatic rings. The molecule has 3 aromatic rings. The van der Waals surface area contributed by atoms with Crippen LogP contribution in [0.4, 0.5) is 10.1 Å². The van der Waals surface area contributed by atoms with E-state index in [0.29, 0.717) is 43.2 Å². The van der Waals surface area contributed by atoms with E-state index in [9.17, 15) is 9.18 Å². The molecule has 1 aliphatic heterocycles. The van der Waals surface area contributed by atoms with Crippen LogP contribution in [0.25, 0.3) is 5.69 Å². The second kappa shape index (κ2) is 8.49. The molecule has 0 unspecified atom stereocenters. The van der Waals surface area contributed by atoms with Gasteiger partial charge in [0, 0.05) is 50.3 Å². The van der Waals surface area contributed by atoms with Crippen LogP contribution in [-0.2, 0) is 0 Å². The molecule has 1 amide bonds. The molecule has 7 heteroatoms. The maximum atomic E-state index is 13.4. The maximum absolute atomic E-state index is 13.4. The summed E-state index contributed by atoms with van der Waals surface area (Å²) in [5, 5.41) is 0. The zero-order chi connectivity index (χ0) is 21.1. The van der Waals surface area contributed by atoms with E-state index in [1.165, 1.54) is 12.1 Å². The fraction of sp³-hybridized carbons (Fsp3) is 0.261. The summed E-state index contributed by atoms with van der Waals surface area (Å²) in [5.74, 6) is 0.776. The van der Waals surface area contributed by atoms with Gasteiger partial charge in [-0.1, -0.05) is 0 Å². The largest absolute Gasteiger partial charge is 0.493 e. The molecular formula is C23H24FN3O3. The normalized spacial score (nSPS) is 14.0. The van der Waals surface area contributed by atoms with Crippen LogP contribution in [0, 0.1) is 5.82 Å². The zero-order valence-corrected chi connectivity index (χ0v) is 17.0. The third kappa shape index (κ3) is 3.83. The van der Waals surface area contributed by atoms with Gasteiger partial charge in [-0.2, -0.15) is 0 Å².